The molecule has 0 spiro atoms. The number of hydrogen-bond donors (Lipinski definition) is 1. The van der Waals surface area contributed by atoms with Gasteiger partial charge >= 0.3 is 0 Å². The molecular weight excluding hydrogens is 210 g/mol. The molecule has 1 aliphatic heterocycles. The van der Waals surface area contributed by atoms with Gasteiger partial charge in [0.2, 0.25) is 0 Å². The molecule has 2 fully saturated rings. The molecule has 0 aromatic carbocycles. The minimum Gasteiger partial charge on any atom is -0.330 e. The minimum atomic E-state index is 0.692. The Morgan fingerprint density at radius 2 is 1.82 bits per heavy atom. The minimum absolute atomic E-state index is 0.692. The van der Waals surface area contributed by atoms with Crippen molar-refractivity contribution in [1.29, 1.82) is 0 Å². The highest BCUT2D eigenvalue weighted by atomic mass is 15.3. The average molecular weight is 239 g/mol. The van der Waals surface area contributed by atoms with E-state index in [0.29, 0.717) is 12.1 Å². The monoisotopic (exact) mass is 239 g/mol. The first-order chi connectivity index (χ1) is 8.22. The fraction of sp³-hybridized carbons (Fsp3) is 1.00. The molecule has 2 N–H and O–H groups in total. The van der Waals surface area contributed by atoms with E-state index in [0.717, 1.165) is 19.0 Å². The second-order valence-corrected chi connectivity index (χ2v) is 6.04. The van der Waals surface area contributed by atoms with Crippen molar-refractivity contribution >= 4 is 0 Å². The Morgan fingerprint density at radius 3 is 2.47 bits per heavy atom. The maximum atomic E-state index is 5.80. The van der Waals surface area contributed by atoms with Crippen LogP contribution >= 0.6 is 0 Å². The first-order valence-corrected chi connectivity index (χ1v) is 7.38. The van der Waals surface area contributed by atoms with Gasteiger partial charge in [-0.05, 0) is 39.8 Å². The summed E-state index contributed by atoms with van der Waals surface area (Å²) < 4.78 is 0. The molecule has 0 radical (unpaired) electrons. The van der Waals surface area contributed by atoms with Crippen LogP contribution in [0.25, 0.3) is 0 Å². The van der Waals surface area contributed by atoms with E-state index in [1.165, 1.54) is 45.2 Å². The van der Waals surface area contributed by atoms with Gasteiger partial charge in [-0.15, -0.1) is 0 Å². The third-order valence-corrected chi connectivity index (χ3v) is 4.53. The van der Waals surface area contributed by atoms with Crippen LogP contribution in [0.2, 0.25) is 0 Å². The lowest BCUT2D eigenvalue weighted by atomic mass is 9.90. The number of nitrogens with two attached hydrogens (primary N) is 1. The zero-order chi connectivity index (χ0) is 12.3. The normalized spacial score (nSPS) is 34.1. The summed E-state index contributed by atoms with van der Waals surface area (Å²) in [5.41, 5.74) is 5.80. The lowest BCUT2D eigenvalue weighted by molar-refractivity contribution is -0.00581. The fourth-order valence-corrected chi connectivity index (χ4v) is 3.90. The zero-order valence-corrected chi connectivity index (χ0v) is 11.6. The van der Waals surface area contributed by atoms with Gasteiger partial charge in [0.1, 0.15) is 0 Å². The largest absolute Gasteiger partial charge is 0.330 e. The molecule has 2 rings (SSSR count). The van der Waals surface area contributed by atoms with Gasteiger partial charge in [0, 0.05) is 31.2 Å². The van der Waals surface area contributed by atoms with E-state index in [1.807, 2.05) is 0 Å². The van der Waals surface area contributed by atoms with Gasteiger partial charge in [-0.1, -0.05) is 19.3 Å². The number of piperazine rings is 1. The summed E-state index contributed by atoms with van der Waals surface area (Å²) in [4.78, 5) is 5.29. The molecule has 1 heterocycles. The van der Waals surface area contributed by atoms with E-state index in [4.69, 9.17) is 5.73 Å². The van der Waals surface area contributed by atoms with Gasteiger partial charge in [0.05, 0.1) is 0 Å². The molecular formula is C14H29N3. The molecule has 0 bridgehead atoms. The zero-order valence-electron chi connectivity index (χ0n) is 11.6. The molecule has 1 aliphatic carbocycles. The third kappa shape index (κ3) is 3.21. The summed E-state index contributed by atoms with van der Waals surface area (Å²) in [6.45, 7) is 5.65. The van der Waals surface area contributed by atoms with Crippen LogP contribution in [-0.4, -0.2) is 54.6 Å². The lowest BCUT2D eigenvalue weighted by Gasteiger charge is -2.49. The van der Waals surface area contributed by atoms with Crippen molar-refractivity contribution < 1.29 is 0 Å². The van der Waals surface area contributed by atoms with Crippen molar-refractivity contribution in [3.63, 3.8) is 0 Å². The van der Waals surface area contributed by atoms with Gasteiger partial charge in [0.25, 0.3) is 0 Å². The number of likely N-dealkylation sites (N-methyl/N-ethyl adjacent to an activating group) is 1. The Balaban J connectivity index is 2.03. The molecule has 3 nitrogen and oxygen atoms in total. The molecule has 2 aliphatic rings. The molecule has 100 valence electrons. The van der Waals surface area contributed by atoms with Crippen molar-refractivity contribution in [3.05, 3.63) is 0 Å². The highest BCUT2D eigenvalue weighted by Gasteiger charge is 2.35. The molecule has 1 saturated heterocycles. The molecule has 0 amide bonds. The predicted octanol–water partition coefficient (Wildman–Crippen LogP) is 1.67. The lowest BCUT2D eigenvalue weighted by Crippen LogP contribution is -2.60. The van der Waals surface area contributed by atoms with Gasteiger partial charge in [-0.25, -0.2) is 0 Å². The number of rotatable bonds is 3. The highest BCUT2D eigenvalue weighted by molar-refractivity contribution is 4.91. The van der Waals surface area contributed by atoms with Gasteiger partial charge < -0.3 is 10.6 Å². The van der Waals surface area contributed by atoms with Crippen molar-refractivity contribution in [2.75, 3.05) is 26.7 Å². The van der Waals surface area contributed by atoms with Gasteiger partial charge in [0.15, 0.2) is 0 Å². The van der Waals surface area contributed by atoms with E-state index >= 15 is 0 Å². The Kier molecular flexibility index (Phi) is 4.83. The Labute approximate surface area is 106 Å². The summed E-state index contributed by atoms with van der Waals surface area (Å²) >= 11 is 0. The predicted molar refractivity (Wildman–Crippen MR) is 73.1 cm³/mol. The third-order valence-electron chi connectivity index (χ3n) is 4.53. The Morgan fingerprint density at radius 1 is 1.12 bits per heavy atom. The molecule has 2 unspecified atom stereocenters. The molecule has 1 saturated carbocycles. The second kappa shape index (κ2) is 6.17. The fourth-order valence-electron chi connectivity index (χ4n) is 3.90. The van der Waals surface area contributed by atoms with E-state index in [2.05, 4.69) is 23.8 Å². The summed E-state index contributed by atoms with van der Waals surface area (Å²) in [6.07, 6.45) is 8.29. The van der Waals surface area contributed by atoms with Crippen molar-refractivity contribution in [1.82, 2.24) is 9.80 Å². The maximum absolute atomic E-state index is 5.80. The molecule has 0 aromatic heterocycles. The van der Waals surface area contributed by atoms with Crippen LogP contribution < -0.4 is 5.73 Å². The summed E-state index contributed by atoms with van der Waals surface area (Å²) in [7, 11) is 2.25. The van der Waals surface area contributed by atoms with E-state index in [-0.39, 0.29) is 0 Å². The van der Waals surface area contributed by atoms with Gasteiger partial charge in [-0.3, -0.25) is 4.90 Å². The van der Waals surface area contributed by atoms with E-state index in [1.54, 1.807) is 0 Å². The smallest absolute Gasteiger partial charge is 0.0241 e. The molecule has 2 atom stereocenters. The van der Waals surface area contributed by atoms with Crippen LogP contribution in [0.4, 0.5) is 0 Å². The summed E-state index contributed by atoms with van der Waals surface area (Å²) in [5, 5.41) is 0. The van der Waals surface area contributed by atoms with Crippen LogP contribution in [0.3, 0.4) is 0 Å². The van der Waals surface area contributed by atoms with Crippen molar-refractivity contribution in [3.8, 4) is 0 Å². The van der Waals surface area contributed by atoms with E-state index < -0.39 is 0 Å². The number of nitrogens with zero attached hydrogens (tertiary/aromatic N) is 2. The molecule has 0 aromatic rings. The quantitative estimate of drug-likeness (QED) is 0.813. The summed E-state index contributed by atoms with van der Waals surface area (Å²) in [5.74, 6) is 0. The van der Waals surface area contributed by atoms with Crippen molar-refractivity contribution in [2.24, 2.45) is 5.73 Å². The van der Waals surface area contributed by atoms with E-state index in [9.17, 15) is 0 Å². The summed E-state index contributed by atoms with van der Waals surface area (Å²) in [6, 6.07) is 2.23. The Bertz CT molecular complexity index is 226. The Hall–Kier alpha value is -0.120. The van der Waals surface area contributed by atoms with Crippen LogP contribution in [0.5, 0.6) is 0 Å². The standard InChI is InChI=1S/C14H29N3/c1-12-10-16(2)11-14(8-9-15)17(12)13-6-4-3-5-7-13/h12-14H,3-11,15H2,1-2H3. The first-order valence-electron chi connectivity index (χ1n) is 7.38. The first kappa shape index (κ1) is 13.3. The van der Waals surface area contributed by atoms with Crippen LogP contribution in [0.15, 0.2) is 0 Å². The van der Waals surface area contributed by atoms with Crippen LogP contribution in [0.1, 0.15) is 45.4 Å². The topological polar surface area (TPSA) is 32.5 Å². The number of hydrogen-bond acceptors (Lipinski definition) is 3. The van der Waals surface area contributed by atoms with Crippen LogP contribution in [0, 0.1) is 0 Å². The SMILES string of the molecule is CC1CN(C)CC(CCN)N1C1CCCCC1. The maximum Gasteiger partial charge on any atom is 0.0241 e. The molecule has 3 heteroatoms. The highest BCUT2D eigenvalue weighted by Crippen LogP contribution is 2.29. The average Bonchev–Trinajstić information content (AvgIpc) is 2.30. The molecule has 17 heavy (non-hydrogen) atoms. The van der Waals surface area contributed by atoms with Crippen LogP contribution in [-0.2, 0) is 0 Å². The van der Waals surface area contributed by atoms with Crippen molar-refractivity contribution in [2.45, 2.75) is 63.6 Å². The van der Waals surface area contributed by atoms with Gasteiger partial charge in [-0.2, -0.15) is 0 Å². The second-order valence-electron chi connectivity index (χ2n) is 6.04.